The number of hydrogen-bond donors (Lipinski definition) is 1. The molecule has 9 heteroatoms. The molecule has 1 aromatic rings. The molecule has 0 bridgehead atoms. The lowest BCUT2D eigenvalue weighted by atomic mass is 10.0. The minimum atomic E-state index is -3.71. The average Bonchev–Trinajstić information content (AvgIpc) is 2.40. The predicted octanol–water partition coefficient (Wildman–Crippen LogP) is 4.02. The lowest BCUT2D eigenvalue weighted by molar-refractivity contribution is -0.171. The summed E-state index contributed by atoms with van der Waals surface area (Å²) in [5, 5.41) is 0. The van der Waals surface area contributed by atoms with Gasteiger partial charge in [-0.25, -0.2) is 4.79 Å². The van der Waals surface area contributed by atoms with E-state index in [-0.39, 0.29) is 30.3 Å². The molecule has 0 heterocycles. The Morgan fingerprint density at radius 3 is 2.32 bits per heavy atom. The first-order chi connectivity index (χ1) is 11.0. The van der Waals surface area contributed by atoms with Crippen molar-refractivity contribution < 1.29 is 27.8 Å². The van der Waals surface area contributed by atoms with Gasteiger partial charge in [-0.1, -0.05) is 31.8 Å². The molecule has 0 unspecified atom stereocenters. The highest BCUT2D eigenvalue weighted by Crippen LogP contribution is 2.34. The quantitative estimate of drug-likeness (QED) is 0.429. The van der Waals surface area contributed by atoms with Gasteiger partial charge in [0.25, 0.3) is 0 Å². The smallest absolute Gasteiger partial charge is 0.377 e. The molecule has 1 aromatic carbocycles. The molecule has 0 aromatic heterocycles. The number of halogens is 3. The van der Waals surface area contributed by atoms with E-state index in [4.69, 9.17) is 4.74 Å². The number of benzene rings is 1. The number of rotatable bonds is 7. The molecule has 0 spiro atoms. The van der Waals surface area contributed by atoms with Crippen LogP contribution in [0, 0.1) is 0 Å². The van der Waals surface area contributed by atoms with Crippen LogP contribution in [0.1, 0.15) is 19.4 Å². The van der Waals surface area contributed by atoms with Gasteiger partial charge >= 0.3 is 17.9 Å². The fourth-order valence-corrected chi connectivity index (χ4v) is 3.04. The van der Waals surface area contributed by atoms with Crippen molar-refractivity contribution in [1.82, 2.24) is 0 Å². The maximum atomic E-state index is 14.1. The van der Waals surface area contributed by atoms with Crippen LogP contribution in [0.2, 0.25) is 19.6 Å². The monoisotopic (exact) mass is 395 g/mol. The zero-order valence-corrected chi connectivity index (χ0v) is 16.8. The second-order valence-electron chi connectivity index (χ2n) is 6.36. The Morgan fingerprint density at radius 2 is 1.84 bits per heavy atom. The standard InChI is InChI=1S/C16H23F2NO4Si.ClH/c1-6-22-15(21)16(17,18)10-12-8-7-9-13(19-24(3,4)5)14(12)23-11(2)20;/h7-9,19H,6,10H2,1-5H3;1H. The van der Waals surface area contributed by atoms with Gasteiger partial charge in [0, 0.05) is 12.5 Å². The SMILES string of the molecule is CCOC(=O)C(F)(F)Cc1cccc(N[Si](C)(C)C)c1OC(C)=O.Cl. The fourth-order valence-electron chi connectivity index (χ4n) is 2.04. The van der Waals surface area contributed by atoms with Crippen LogP contribution in [0.3, 0.4) is 0 Å². The lowest BCUT2D eigenvalue weighted by Gasteiger charge is -2.24. The van der Waals surface area contributed by atoms with Gasteiger partial charge in [0.1, 0.15) is 8.24 Å². The molecule has 0 fully saturated rings. The van der Waals surface area contributed by atoms with Crippen LogP contribution in [-0.2, 0) is 20.7 Å². The number of carbonyl (C=O) groups is 2. The van der Waals surface area contributed by atoms with Crippen molar-refractivity contribution >= 4 is 38.3 Å². The molecular formula is C16H24ClF2NO4Si. The van der Waals surface area contributed by atoms with Crippen molar-refractivity contribution in [1.29, 1.82) is 0 Å². The summed E-state index contributed by atoms with van der Waals surface area (Å²) in [5.74, 6) is -5.90. The van der Waals surface area contributed by atoms with E-state index in [2.05, 4.69) is 9.72 Å². The van der Waals surface area contributed by atoms with E-state index in [1.54, 1.807) is 12.1 Å². The number of alkyl halides is 2. The first-order valence-electron chi connectivity index (χ1n) is 7.60. The van der Waals surface area contributed by atoms with Gasteiger partial charge in [-0.15, -0.1) is 12.4 Å². The molecule has 0 aliphatic heterocycles. The van der Waals surface area contributed by atoms with Gasteiger partial charge in [-0.05, 0) is 13.0 Å². The fraction of sp³-hybridized carbons (Fsp3) is 0.500. The van der Waals surface area contributed by atoms with Gasteiger partial charge in [0.15, 0.2) is 5.75 Å². The third kappa shape index (κ3) is 7.39. The summed E-state index contributed by atoms with van der Waals surface area (Å²) in [6.07, 6.45) is -0.907. The maximum Gasteiger partial charge on any atom is 0.377 e. The van der Waals surface area contributed by atoms with E-state index in [9.17, 15) is 18.4 Å². The normalized spacial score (nSPS) is 11.3. The highest BCUT2D eigenvalue weighted by atomic mass is 35.5. The van der Waals surface area contributed by atoms with Crippen molar-refractivity contribution in [2.24, 2.45) is 0 Å². The molecule has 0 saturated heterocycles. The molecule has 1 N–H and O–H groups in total. The summed E-state index contributed by atoms with van der Waals surface area (Å²) in [6, 6.07) is 4.63. The van der Waals surface area contributed by atoms with Gasteiger partial charge in [-0.2, -0.15) is 8.78 Å². The molecule has 5 nitrogen and oxygen atoms in total. The number of para-hydroxylation sites is 1. The molecule has 0 radical (unpaired) electrons. The number of esters is 2. The van der Waals surface area contributed by atoms with E-state index in [1.165, 1.54) is 19.9 Å². The van der Waals surface area contributed by atoms with Crippen LogP contribution in [0.25, 0.3) is 0 Å². The minimum Gasteiger partial charge on any atom is -0.462 e. The molecule has 0 aliphatic rings. The molecular weight excluding hydrogens is 372 g/mol. The molecule has 0 atom stereocenters. The highest BCUT2D eigenvalue weighted by molar-refractivity contribution is 6.79. The number of ether oxygens (including phenoxy) is 2. The number of anilines is 1. The van der Waals surface area contributed by atoms with E-state index in [0.29, 0.717) is 5.69 Å². The lowest BCUT2D eigenvalue weighted by Crippen LogP contribution is -2.34. The minimum absolute atomic E-state index is 0. The second-order valence-corrected chi connectivity index (χ2v) is 11.1. The van der Waals surface area contributed by atoms with Gasteiger partial charge in [0.2, 0.25) is 0 Å². The van der Waals surface area contributed by atoms with Crippen molar-refractivity contribution in [3.05, 3.63) is 23.8 Å². The third-order valence-corrected chi connectivity index (χ3v) is 3.86. The predicted molar refractivity (Wildman–Crippen MR) is 97.3 cm³/mol. The molecule has 0 aliphatic carbocycles. The van der Waals surface area contributed by atoms with Crippen LogP contribution >= 0.6 is 12.4 Å². The molecule has 0 amide bonds. The van der Waals surface area contributed by atoms with Gasteiger partial charge < -0.3 is 14.5 Å². The van der Waals surface area contributed by atoms with E-state index >= 15 is 0 Å². The van der Waals surface area contributed by atoms with Gasteiger partial charge in [-0.3, -0.25) is 4.79 Å². The number of hydrogen-bond acceptors (Lipinski definition) is 5. The van der Waals surface area contributed by atoms with Crippen LogP contribution in [0.15, 0.2) is 18.2 Å². The van der Waals surface area contributed by atoms with Crippen molar-refractivity contribution in [3.63, 3.8) is 0 Å². The third-order valence-electron chi connectivity index (χ3n) is 2.84. The first kappa shape index (κ1) is 23.3. The van der Waals surface area contributed by atoms with Crippen LogP contribution in [0.4, 0.5) is 14.5 Å². The highest BCUT2D eigenvalue weighted by Gasteiger charge is 2.41. The molecule has 0 saturated carbocycles. The van der Waals surface area contributed by atoms with Gasteiger partial charge in [0.05, 0.1) is 18.7 Å². The summed E-state index contributed by atoms with van der Waals surface area (Å²) in [6.45, 7) is 8.57. The summed E-state index contributed by atoms with van der Waals surface area (Å²) in [5.41, 5.74) is 0.521. The van der Waals surface area contributed by atoms with Crippen LogP contribution in [-0.4, -0.2) is 32.7 Å². The molecule has 1 rings (SSSR count). The summed E-state index contributed by atoms with van der Waals surface area (Å²) in [7, 11) is -1.82. The van der Waals surface area contributed by atoms with Crippen LogP contribution < -0.4 is 9.72 Å². The Morgan fingerprint density at radius 1 is 1.24 bits per heavy atom. The van der Waals surface area contributed by atoms with Crippen molar-refractivity contribution in [3.8, 4) is 5.75 Å². The van der Waals surface area contributed by atoms with Crippen molar-refractivity contribution in [2.45, 2.75) is 45.8 Å². The summed E-state index contributed by atoms with van der Waals surface area (Å²) in [4.78, 5) is 26.0. The van der Waals surface area contributed by atoms with E-state index < -0.39 is 32.5 Å². The molecule has 25 heavy (non-hydrogen) atoms. The topological polar surface area (TPSA) is 64.6 Å². The summed E-state index contributed by atoms with van der Waals surface area (Å²) >= 11 is 0. The second kappa shape index (κ2) is 9.14. The Kier molecular flexibility index (Phi) is 8.53. The van der Waals surface area contributed by atoms with E-state index in [1.807, 2.05) is 19.6 Å². The summed E-state index contributed by atoms with van der Waals surface area (Å²) < 4.78 is 37.6. The number of nitrogens with one attached hydrogen (secondary N) is 1. The average molecular weight is 396 g/mol. The first-order valence-corrected chi connectivity index (χ1v) is 11.1. The zero-order valence-electron chi connectivity index (χ0n) is 14.9. The van der Waals surface area contributed by atoms with Crippen LogP contribution in [0.5, 0.6) is 5.75 Å². The Bertz CT molecular complexity index is 621. The Labute approximate surface area is 153 Å². The Hall–Kier alpha value is -1.67. The van der Waals surface area contributed by atoms with E-state index in [0.717, 1.165) is 0 Å². The zero-order chi connectivity index (χ0) is 18.5. The van der Waals surface area contributed by atoms with Crippen molar-refractivity contribution in [2.75, 3.05) is 11.6 Å². The number of carbonyl (C=O) groups excluding carboxylic acids is 2. The maximum absolute atomic E-state index is 14.1. The Balaban J connectivity index is 0.00000576. The molecule has 142 valence electrons. The largest absolute Gasteiger partial charge is 0.462 e.